The standard InChI is InChI=1S/C21H31N3O3/c1-26-18-6-7-20-17(14-18)4-2-8-24(20)21(25)16-23-11-9-22(10-12-23)15-19-5-3-13-27-19/h6-7,14,19H,2-5,8-13,15-16H2,1H3. The van der Waals surface area contributed by atoms with Crippen LogP contribution in [0.2, 0.25) is 0 Å². The predicted molar refractivity (Wildman–Crippen MR) is 106 cm³/mol. The van der Waals surface area contributed by atoms with E-state index in [1.165, 1.54) is 18.4 Å². The zero-order valence-electron chi connectivity index (χ0n) is 16.4. The molecule has 6 nitrogen and oxygen atoms in total. The van der Waals surface area contributed by atoms with E-state index in [0.29, 0.717) is 12.6 Å². The van der Waals surface area contributed by atoms with Gasteiger partial charge in [-0.15, -0.1) is 0 Å². The first kappa shape index (κ1) is 18.7. The van der Waals surface area contributed by atoms with Crippen molar-refractivity contribution in [3.05, 3.63) is 23.8 Å². The minimum Gasteiger partial charge on any atom is -0.497 e. The number of methoxy groups -OCH3 is 1. The molecule has 27 heavy (non-hydrogen) atoms. The molecule has 6 heteroatoms. The summed E-state index contributed by atoms with van der Waals surface area (Å²) in [7, 11) is 1.69. The molecule has 3 aliphatic heterocycles. The molecule has 2 fully saturated rings. The highest BCUT2D eigenvalue weighted by atomic mass is 16.5. The van der Waals surface area contributed by atoms with Crippen LogP contribution in [0.3, 0.4) is 0 Å². The number of carbonyl (C=O) groups excluding carboxylic acids is 1. The van der Waals surface area contributed by atoms with Crippen LogP contribution in [0.4, 0.5) is 5.69 Å². The molecule has 0 aliphatic carbocycles. The van der Waals surface area contributed by atoms with Crippen molar-refractivity contribution in [3.8, 4) is 5.75 Å². The fourth-order valence-corrected chi connectivity index (χ4v) is 4.44. The molecule has 1 amide bonds. The largest absolute Gasteiger partial charge is 0.497 e. The van der Waals surface area contributed by atoms with Gasteiger partial charge in [-0.1, -0.05) is 0 Å². The highest BCUT2D eigenvalue weighted by Crippen LogP contribution is 2.30. The van der Waals surface area contributed by atoms with Crippen LogP contribution in [-0.4, -0.2) is 81.3 Å². The number of anilines is 1. The summed E-state index contributed by atoms with van der Waals surface area (Å²) in [6.45, 7) is 7.27. The zero-order valence-corrected chi connectivity index (χ0v) is 16.4. The van der Waals surface area contributed by atoms with Crippen molar-refractivity contribution < 1.29 is 14.3 Å². The van der Waals surface area contributed by atoms with E-state index < -0.39 is 0 Å². The van der Waals surface area contributed by atoms with Crippen LogP contribution in [0.1, 0.15) is 24.8 Å². The van der Waals surface area contributed by atoms with Gasteiger partial charge in [0, 0.05) is 51.6 Å². The van der Waals surface area contributed by atoms with Crippen molar-refractivity contribution in [2.45, 2.75) is 31.8 Å². The van der Waals surface area contributed by atoms with Gasteiger partial charge in [-0.2, -0.15) is 0 Å². The average molecular weight is 373 g/mol. The summed E-state index contributed by atoms with van der Waals surface area (Å²) in [6, 6.07) is 6.05. The summed E-state index contributed by atoms with van der Waals surface area (Å²) in [5, 5.41) is 0. The van der Waals surface area contributed by atoms with E-state index in [2.05, 4.69) is 15.9 Å². The number of ether oxygens (including phenoxy) is 2. The van der Waals surface area contributed by atoms with Crippen LogP contribution in [0.5, 0.6) is 5.75 Å². The summed E-state index contributed by atoms with van der Waals surface area (Å²) >= 11 is 0. The van der Waals surface area contributed by atoms with E-state index in [-0.39, 0.29) is 5.91 Å². The minimum atomic E-state index is 0.216. The first-order valence-corrected chi connectivity index (χ1v) is 10.3. The van der Waals surface area contributed by atoms with E-state index >= 15 is 0 Å². The fraction of sp³-hybridized carbons (Fsp3) is 0.667. The molecule has 0 bridgehead atoms. The third-order valence-electron chi connectivity index (χ3n) is 6.02. The quantitative estimate of drug-likeness (QED) is 0.787. The molecule has 0 N–H and O–H groups in total. The average Bonchev–Trinajstić information content (AvgIpc) is 3.21. The Labute approximate surface area is 162 Å². The summed E-state index contributed by atoms with van der Waals surface area (Å²) in [5.74, 6) is 1.08. The second kappa shape index (κ2) is 8.59. The normalized spacial score (nSPS) is 24.0. The second-order valence-electron chi connectivity index (χ2n) is 7.86. The molecule has 0 aromatic heterocycles. The number of benzene rings is 1. The molecular formula is C21H31N3O3. The molecule has 1 unspecified atom stereocenters. The lowest BCUT2D eigenvalue weighted by molar-refractivity contribution is -0.120. The van der Waals surface area contributed by atoms with Crippen LogP contribution in [0, 0.1) is 0 Å². The van der Waals surface area contributed by atoms with Crippen LogP contribution in [0.25, 0.3) is 0 Å². The number of fused-ring (bicyclic) bond motifs is 1. The second-order valence-corrected chi connectivity index (χ2v) is 7.86. The van der Waals surface area contributed by atoms with Crippen LogP contribution in [0.15, 0.2) is 18.2 Å². The van der Waals surface area contributed by atoms with Gasteiger partial charge in [-0.25, -0.2) is 0 Å². The Hall–Kier alpha value is -1.63. The number of rotatable bonds is 5. The van der Waals surface area contributed by atoms with E-state index in [1.807, 2.05) is 17.0 Å². The van der Waals surface area contributed by atoms with Crippen molar-refractivity contribution in [1.29, 1.82) is 0 Å². The lowest BCUT2D eigenvalue weighted by atomic mass is 10.0. The molecule has 0 radical (unpaired) electrons. The predicted octanol–water partition coefficient (Wildman–Crippen LogP) is 1.77. The molecule has 1 atom stereocenters. The Kier molecular flexibility index (Phi) is 5.95. The van der Waals surface area contributed by atoms with E-state index in [9.17, 15) is 4.79 Å². The monoisotopic (exact) mass is 373 g/mol. The van der Waals surface area contributed by atoms with E-state index in [1.54, 1.807) is 7.11 Å². The van der Waals surface area contributed by atoms with Gasteiger partial charge in [0.2, 0.25) is 5.91 Å². The number of carbonyl (C=O) groups is 1. The molecule has 1 aromatic carbocycles. The van der Waals surface area contributed by atoms with Gasteiger partial charge in [-0.3, -0.25) is 14.6 Å². The van der Waals surface area contributed by atoms with E-state index in [4.69, 9.17) is 9.47 Å². The lowest BCUT2D eigenvalue weighted by Gasteiger charge is -2.37. The zero-order chi connectivity index (χ0) is 18.6. The third kappa shape index (κ3) is 4.45. The fourth-order valence-electron chi connectivity index (χ4n) is 4.44. The summed E-state index contributed by atoms with van der Waals surface area (Å²) in [6.07, 6.45) is 4.83. The van der Waals surface area contributed by atoms with Crippen molar-refractivity contribution in [2.24, 2.45) is 0 Å². The Bertz CT molecular complexity index is 652. The SMILES string of the molecule is COc1ccc2c(c1)CCCN2C(=O)CN1CCN(CC2CCCO2)CC1. The van der Waals surface area contributed by atoms with Gasteiger partial charge >= 0.3 is 0 Å². The van der Waals surface area contributed by atoms with Gasteiger partial charge in [0.15, 0.2) is 0 Å². The number of nitrogens with zero attached hydrogens (tertiary/aromatic N) is 3. The van der Waals surface area contributed by atoms with Crippen molar-refractivity contribution in [1.82, 2.24) is 9.80 Å². The topological polar surface area (TPSA) is 45.2 Å². The van der Waals surface area contributed by atoms with Crippen molar-refractivity contribution in [2.75, 3.05) is 64.4 Å². The molecular weight excluding hydrogens is 342 g/mol. The number of hydrogen-bond donors (Lipinski definition) is 0. The number of piperazine rings is 1. The Morgan fingerprint density at radius 3 is 2.70 bits per heavy atom. The van der Waals surface area contributed by atoms with Gasteiger partial charge in [-0.05, 0) is 49.4 Å². The Balaban J connectivity index is 1.30. The van der Waals surface area contributed by atoms with Crippen LogP contribution >= 0.6 is 0 Å². The molecule has 1 aromatic rings. The molecule has 3 aliphatic rings. The first-order chi connectivity index (χ1) is 13.2. The van der Waals surface area contributed by atoms with Gasteiger partial charge < -0.3 is 14.4 Å². The van der Waals surface area contributed by atoms with E-state index in [0.717, 1.165) is 70.2 Å². The molecule has 3 heterocycles. The number of aryl methyl sites for hydroxylation is 1. The maximum atomic E-state index is 13.0. The third-order valence-corrected chi connectivity index (χ3v) is 6.02. The molecule has 148 valence electrons. The summed E-state index contributed by atoms with van der Waals surface area (Å²) in [5.41, 5.74) is 2.28. The lowest BCUT2D eigenvalue weighted by Crippen LogP contribution is -2.51. The smallest absolute Gasteiger partial charge is 0.241 e. The maximum Gasteiger partial charge on any atom is 0.241 e. The summed E-state index contributed by atoms with van der Waals surface area (Å²) in [4.78, 5) is 19.7. The highest BCUT2D eigenvalue weighted by Gasteiger charge is 2.27. The van der Waals surface area contributed by atoms with Crippen molar-refractivity contribution >= 4 is 11.6 Å². The Morgan fingerprint density at radius 1 is 1.15 bits per heavy atom. The minimum absolute atomic E-state index is 0.216. The molecule has 0 spiro atoms. The highest BCUT2D eigenvalue weighted by molar-refractivity contribution is 5.96. The summed E-state index contributed by atoms with van der Waals surface area (Å²) < 4.78 is 11.1. The molecule has 4 rings (SSSR count). The van der Waals surface area contributed by atoms with Crippen molar-refractivity contribution in [3.63, 3.8) is 0 Å². The number of amides is 1. The van der Waals surface area contributed by atoms with Crippen LogP contribution in [-0.2, 0) is 16.0 Å². The maximum absolute atomic E-state index is 13.0. The molecule has 2 saturated heterocycles. The van der Waals surface area contributed by atoms with Crippen LogP contribution < -0.4 is 9.64 Å². The first-order valence-electron chi connectivity index (χ1n) is 10.3. The van der Waals surface area contributed by atoms with Gasteiger partial charge in [0.25, 0.3) is 0 Å². The van der Waals surface area contributed by atoms with Gasteiger partial charge in [0.1, 0.15) is 5.75 Å². The van der Waals surface area contributed by atoms with Gasteiger partial charge in [0.05, 0.1) is 19.8 Å². The number of hydrogen-bond acceptors (Lipinski definition) is 5. The Morgan fingerprint density at radius 2 is 1.96 bits per heavy atom. The molecule has 0 saturated carbocycles.